The van der Waals surface area contributed by atoms with Gasteiger partial charge in [-0.15, -0.1) is 0 Å². The molecule has 0 atom stereocenters. The van der Waals surface area contributed by atoms with Gasteiger partial charge in [-0.1, -0.05) is 29.8 Å². The summed E-state index contributed by atoms with van der Waals surface area (Å²) >= 11 is 1.60. The minimum Gasteiger partial charge on any atom is -0.497 e. The molecule has 0 aliphatic carbocycles. The maximum atomic E-state index is 13.6. The Morgan fingerprint density at radius 3 is 2.31 bits per heavy atom. The second-order valence-corrected chi connectivity index (χ2v) is 10.0. The van der Waals surface area contributed by atoms with Crippen molar-refractivity contribution < 1.29 is 13.2 Å². The summed E-state index contributed by atoms with van der Waals surface area (Å²) in [5.41, 5.74) is 5.06. The quantitative estimate of drug-likeness (QED) is 0.323. The minimum atomic E-state index is -3.84. The molecule has 0 fully saturated rings. The van der Waals surface area contributed by atoms with Crippen molar-refractivity contribution in [1.29, 1.82) is 0 Å². The van der Waals surface area contributed by atoms with Crippen molar-refractivity contribution >= 4 is 32.4 Å². The maximum absolute atomic E-state index is 13.6. The molecule has 0 N–H and O–H groups in total. The fraction of sp³-hybridized carbons (Fsp3) is 0.0800. The predicted molar refractivity (Wildman–Crippen MR) is 129 cm³/mol. The van der Waals surface area contributed by atoms with Crippen molar-refractivity contribution in [3.8, 4) is 28.0 Å². The van der Waals surface area contributed by atoms with Crippen molar-refractivity contribution in [2.45, 2.75) is 11.8 Å². The molecule has 5 aromatic rings. The van der Waals surface area contributed by atoms with Crippen LogP contribution in [-0.2, 0) is 10.0 Å². The molecule has 0 amide bonds. The largest absolute Gasteiger partial charge is 0.497 e. The Morgan fingerprint density at radius 1 is 0.906 bits per heavy atom. The number of rotatable bonds is 5. The molecular formula is C25H20N2O3S2. The summed E-state index contributed by atoms with van der Waals surface area (Å²) in [6, 6.07) is 18.4. The molecule has 32 heavy (non-hydrogen) atoms. The molecule has 160 valence electrons. The SMILES string of the molecule is COc1ccc(-c2cn(S(=O)(=O)c3ccc(C)cc3)c3nccc(-c4ccsc4)c23)cc1. The molecule has 0 bridgehead atoms. The number of pyridine rings is 1. The van der Waals surface area contributed by atoms with Crippen LogP contribution >= 0.6 is 11.3 Å². The van der Waals surface area contributed by atoms with Crippen LogP contribution in [0.5, 0.6) is 5.75 Å². The van der Waals surface area contributed by atoms with Gasteiger partial charge in [-0.25, -0.2) is 17.4 Å². The van der Waals surface area contributed by atoms with Gasteiger partial charge in [0.25, 0.3) is 10.0 Å². The van der Waals surface area contributed by atoms with Crippen molar-refractivity contribution in [3.05, 3.63) is 89.4 Å². The highest BCUT2D eigenvalue weighted by molar-refractivity contribution is 7.90. The van der Waals surface area contributed by atoms with Crippen LogP contribution < -0.4 is 4.74 Å². The molecule has 0 saturated carbocycles. The number of aromatic nitrogens is 2. The van der Waals surface area contributed by atoms with Crippen molar-refractivity contribution in [1.82, 2.24) is 8.96 Å². The Labute approximate surface area is 190 Å². The van der Waals surface area contributed by atoms with E-state index in [4.69, 9.17) is 4.74 Å². The highest BCUT2D eigenvalue weighted by Gasteiger charge is 2.24. The average Bonchev–Trinajstić information content (AvgIpc) is 3.48. The first-order valence-corrected chi connectivity index (χ1v) is 12.4. The number of thiophene rings is 1. The van der Waals surface area contributed by atoms with Crippen LogP contribution in [0.25, 0.3) is 33.3 Å². The number of ether oxygens (including phenoxy) is 1. The van der Waals surface area contributed by atoms with E-state index in [0.717, 1.165) is 39.0 Å². The summed E-state index contributed by atoms with van der Waals surface area (Å²) in [7, 11) is -2.22. The fourth-order valence-corrected chi connectivity index (χ4v) is 5.75. The summed E-state index contributed by atoms with van der Waals surface area (Å²) in [5.74, 6) is 0.737. The molecule has 5 nitrogen and oxygen atoms in total. The molecule has 0 saturated heterocycles. The zero-order chi connectivity index (χ0) is 22.3. The first-order chi connectivity index (χ1) is 15.5. The van der Waals surface area contributed by atoms with Gasteiger partial charge in [0.05, 0.1) is 12.0 Å². The van der Waals surface area contributed by atoms with E-state index < -0.39 is 10.0 Å². The number of nitrogens with zero attached hydrogens (tertiary/aromatic N) is 2. The summed E-state index contributed by atoms with van der Waals surface area (Å²) in [6.45, 7) is 1.93. The Kier molecular flexibility index (Phi) is 5.07. The van der Waals surface area contributed by atoms with Crippen molar-refractivity contribution in [3.63, 3.8) is 0 Å². The molecule has 0 unspecified atom stereocenters. The third kappa shape index (κ3) is 3.39. The van der Waals surface area contributed by atoms with Crippen LogP contribution in [0.4, 0.5) is 0 Å². The number of methoxy groups -OCH3 is 1. The van der Waals surface area contributed by atoms with E-state index in [-0.39, 0.29) is 4.90 Å². The summed E-state index contributed by atoms with van der Waals surface area (Å²) in [5, 5.41) is 4.86. The number of hydrogen-bond donors (Lipinski definition) is 0. The van der Waals surface area contributed by atoms with Gasteiger partial charge in [0.1, 0.15) is 5.75 Å². The monoisotopic (exact) mass is 460 g/mol. The normalized spacial score (nSPS) is 11.7. The smallest absolute Gasteiger partial charge is 0.269 e. The summed E-state index contributed by atoms with van der Waals surface area (Å²) in [6.07, 6.45) is 3.33. The molecule has 2 aromatic carbocycles. The Bertz CT molecular complexity index is 1500. The molecule has 0 aliphatic heterocycles. The average molecular weight is 461 g/mol. The molecule has 3 aromatic heterocycles. The maximum Gasteiger partial charge on any atom is 0.269 e. The van der Waals surface area contributed by atoms with Gasteiger partial charge in [-0.2, -0.15) is 11.3 Å². The van der Waals surface area contributed by atoms with E-state index in [1.165, 1.54) is 3.97 Å². The van der Waals surface area contributed by atoms with Crippen LogP contribution in [0.2, 0.25) is 0 Å². The molecule has 0 aliphatic rings. The topological polar surface area (TPSA) is 61.2 Å². The van der Waals surface area contributed by atoms with Gasteiger partial charge in [0.2, 0.25) is 0 Å². The van der Waals surface area contributed by atoms with Crippen molar-refractivity contribution in [2.75, 3.05) is 7.11 Å². The van der Waals surface area contributed by atoms with Crippen LogP contribution in [0.15, 0.2) is 88.7 Å². The second kappa shape index (κ2) is 7.93. The molecule has 7 heteroatoms. The van der Waals surface area contributed by atoms with Crippen LogP contribution in [0, 0.1) is 6.92 Å². The van der Waals surface area contributed by atoms with E-state index in [0.29, 0.717) is 5.65 Å². The van der Waals surface area contributed by atoms with Gasteiger partial charge in [-0.05, 0) is 70.8 Å². The van der Waals surface area contributed by atoms with Gasteiger partial charge in [0.15, 0.2) is 5.65 Å². The van der Waals surface area contributed by atoms with Crippen LogP contribution in [0.3, 0.4) is 0 Å². The number of hydrogen-bond acceptors (Lipinski definition) is 5. The number of aryl methyl sites for hydroxylation is 1. The third-order valence-corrected chi connectivity index (χ3v) is 7.81. The lowest BCUT2D eigenvalue weighted by Crippen LogP contribution is -2.12. The van der Waals surface area contributed by atoms with Gasteiger partial charge in [-0.3, -0.25) is 0 Å². The molecule has 0 spiro atoms. The van der Waals surface area contributed by atoms with Crippen molar-refractivity contribution in [2.24, 2.45) is 0 Å². The lowest BCUT2D eigenvalue weighted by molar-refractivity contribution is 0.415. The van der Waals surface area contributed by atoms with Crippen LogP contribution in [0.1, 0.15) is 5.56 Å². The lowest BCUT2D eigenvalue weighted by atomic mass is 9.99. The minimum absolute atomic E-state index is 0.226. The Hall–Kier alpha value is -3.42. The zero-order valence-corrected chi connectivity index (χ0v) is 19.2. The van der Waals surface area contributed by atoms with Gasteiger partial charge in [0, 0.05) is 23.3 Å². The van der Waals surface area contributed by atoms with E-state index in [1.807, 2.05) is 48.7 Å². The molecule has 3 heterocycles. The highest BCUT2D eigenvalue weighted by atomic mass is 32.2. The van der Waals surface area contributed by atoms with Gasteiger partial charge >= 0.3 is 0 Å². The first-order valence-electron chi connectivity index (χ1n) is 9.98. The fourth-order valence-electron chi connectivity index (χ4n) is 3.78. The van der Waals surface area contributed by atoms with Crippen LogP contribution in [-0.4, -0.2) is 24.5 Å². The van der Waals surface area contributed by atoms with E-state index >= 15 is 0 Å². The molecule has 0 radical (unpaired) electrons. The van der Waals surface area contributed by atoms with Gasteiger partial charge < -0.3 is 4.74 Å². The number of fused-ring (bicyclic) bond motifs is 1. The third-order valence-electron chi connectivity index (χ3n) is 5.47. The second-order valence-electron chi connectivity index (χ2n) is 7.45. The summed E-state index contributed by atoms with van der Waals surface area (Å²) in [4.78, 5) is 4.73. The Balaban J connectivity index is 1.82. The highest BCUT2D eigenvalue weighted by Crippen LogP contribution is 2.39. The van der Waals surface area contributed by atoms with E-state index in [9.17, 15) is 8.42 Å². The summed E-state index contributed by atoms with van der Waals surface area (Å²) < 4.78 is 33.8. The van der Waals surface area contributed by atoms with E-state index in [1.54, 1.807) is 55.1 Å². The zero-order valence-electron chi connectivity index (χ0n) is 17.5. The standard InChI is InChI=1S/C25H20N2O3S2/c1-17-3-9-21(10-4-17)32(28,29)27-15-23(18-5-7-20(30-2)8-6-18)24-22(11-13-26-25(24)27)19-12-14-31-16-19/h3-16H,1-2H3. The molecular weight excluding hydrogens is 440 g/mol. The Morgan fingerprint density at radius 2 is 1.66 bits per heavy atom. The molecule has 5 rings (SSSR count). The first kappa shape index (κ1) is 20.5. The number of benzene rings is 2. The lowest BCUT2D eigenvalue weighted by Gasteiger charge is -2.08. The van der Waals surface area contributed by atoms with E-state index in [2.05, 4.69) is 10.4 Å². The predicted octanol–water partition coefficient (Wildman–Crippen LogP) is 5.99.